The molecule has 2 unspecified atom stereocenters. The van der Waals surface area contributed by atoms with Gasteiger partial charge in [-0.15, -0.1) is 0 Å². The number of amidine groups is 1. The third kappa shape index (κ3) is 5.34. The highest BCUT2D eigenvalue weighted by Gasteiger charge is 2.55. The van der Waals surface area contributed by atoms with Gasteiger partial charge in [-0.2, -0.15) is 13.2 Å². The number of rotatable bonds is 4. The minimum absolute atomic E-state index is 0.0995. The Morgan fingerprint density at radius 3 is 2.51 bits per heavy atom. The summed E-state index contributed by atoms with van der Waals surface area (Å²) in [5, 5.41) is 7.12. The monoisotopic (exact) mass is 520 g/mol. The Morgan fingerprint density at radius 2 is 1.89 bits per heavy atom. The number of fused-ring (bicyclic) bond motifs is 4. The standard InChI is InChI=1S/C23H26N4O3.C2HF3O2/c24-22-27-23(12-29-22)18-7-15(16-9-25-13-26-10-16)3-5-20(18)30-21-6-4-17(8-19(21)23)28-11-14-1-2-14;3-2(4,5)1(6)7/h3,5,7,9-10,13-14,17,19,21H,1-2,4,6,8,11-12H2,(H2,24,27);(H,6,7)/t17?,19-,21-,23?;/m0./s1. The molecule has 1 aromatic carbocycles. The molecule has 2 aliphatic heterocycles. The minimum atomic E-state index is -5.08. The number of hydrogen-bond acceptors (Lipinski definition) is 8. The van der Waals surface area contributed by atoms with Crippen LogP contribution < -0.4 is 10.5 Å². The van der Waals surface area contributed by atoms with E-state index in [0.717, 1.165) is 54.2 Å². The number of carbonyl (C=O) groups is 1. The molecule has 0 radical (unpaired) electrons. The SMILES string of the molecule is NC1=NC2(CO1)c1cc(-c3cncnc3)ccc1O[C@H]1CCC(OCC3CC3)C[C@@H]12.O=C(O)C(F)(F)F. The topological polar surface area (TPSA) is 129 Å². The molecule has 2 aromatic rings. The molecule has 3 N–H and O–H groups in total. The molecular weight excluding hydrogens is 493 g/mol. The first-order valence-corrected chi connectivity index (χ1v) is 12.1. The highest BCUT2D eigenvalue weighted by Crippen LogP contribution is 2.53. The molecule has 198 valence electrons. The first-order chi connectivity index (χ1) is 17.7. The molecule has 37 heavy (non-hydrogen) atoms. The number of alkyl halides is 3. The van der Waals surface area contributed by atoms with Crippen molar-refractivity contribution in [3.8, 4) is 16.9 Å². The molecular formula is C25H27F3N4O5. The third-order valence-corrected chi connectivity index (χ3v) is 7.23. The number of nitrogens with zero attached hydrogens (tertiary/aromatic N) is 3. The zero-order valence-electron chi connectivity index (χ0n) is 19.9. The van der Waals surface area contributed by atoms with Gasteiger partial charge in [-0.1, -0.05) is 6.07 Å². The number of nitrogens with two attached hydrogens (primary N) is 1. The second-order valence-electron chi connectivity index (χ2n) is 9.78. The Kier molecular flexibility index (Phi) is 6.69. The number of aliphatic imine (C=N–C) groups is 1. The van der Waals surface area contributed by atoms with E-state index in [4.69, 9.17) is 34.8 Å². The van der Waals surface area contributed by atoms with Crippen LogP contribution in [0, 0.1) is 11.8 Å². The van der Waals surface area contributed by atoms with E-state index in [0.29, 0.717) is 6.61 Å². The van der Waals surface area contributed by atoms with Crippen molar-refractivity contribution in [3.63, 3.8) is 0 Å². The van der Waals surface area contributed by atoms with E-state index in [9.17, 15) is 13.2 Å². The van der Waals surface area contributed by atoms with Crippen LogP contribution in [0.1, 0.15) is 37.7 Å². The van der Waals surface area contributed by atoms with Crippen molar-refractivity contribution in [2.45, 2.75) is 56.0 Å². The van der Waals surface area contributed by atoms with Crippen LogP contribution in [0.15, 0.2) is 41.9 Å². The van der Waals surface area contributed by atoms with E-state index in [1.54, 1.807) is 0 Å². The average Bonchev–Trinajstić information content (AvgIpc) is 3.64. The summed E-state index contributed by atoms with van der Waals surface area (Å²) in [6.45, 7) is 1.33. The van der Waals surface area contributed by atoms with Crippen LogP contribution in [0.3, 0.4) is 0 Å². The first kappa shape index (κ1) is 25.2. The van der Waals surface area contributed by atoms with Crippen LogP contribution in [0.2, 0.25) is 0 Å². The van der Waals surface area contributed by atoms with Crippen molar-refractivity contribution in [1.82, 2.24) is 9.97 Å². The van der Waals surface area contributed by atoms with Gasteiger partial charge in [0.05, 0.1) is 6.10 Å². The summed E-state index contributed by atoms with van der Waals surface area (Å²) in [4.78, 5) is 22.1. The summed E-state index contributed by atoms with van der Waals surface area (Å²) >= 11 is 0. The lowest BCUT2D eigenvalue weighted by Gasteiger charge is -2.48. The molecule has 6 rings (SSSR count). The highest BCUT2D eigenvalue weighted by molar-refractivity contribution is 5.75. The molecule has 2 fully saturated rings. The summed E-state index contributed by atoms with van der Waals surface area (Å²) < 4.78 is 50.2. The number of halogens is 3. The lowest BCUT2D eigenvalue weighted by Crippen LogP contribution is -2.52. The van der Waals surface area contributed by atoms with Gasteiger partial charge in [0.25, 0.3) is 6.02 Å². The highest BCUT2D eigenvalue weighted by atomic mass is 19.4. The Bertz CT molecular complexity index is 1170. The fourth-order valence-electron chi connectivity index (χ4n) is 5.19. The van der Waals surface area contributed by atoms with Gasteiger partial charge in [0.2, 0.25) is 0 Å². The van der Waals surface area contributed by atoms with Crippen molar-refractivity contribution in [2.24, 2.45) is 22.6 Å². The van der Waals surface area contributed by atoms with E-state index in [1.807, 2.05) is 18.5 Å². The van der Waals surface area contributed by atoms with Gasteiger partial charge < -0.3 is 25.1 Å². The number of hydrogen-bond donors (Lipinski definition) is 2. The van der Waals surface area contributed by atoms with E-state index < -0.39 is 17.7 Å². The largest absolute Gasteiger partial charge is 0.490 e. The second-order valence-corrected chi connectivity index (χ2v) is 9.78. The molecule has 1 aromatic heterocycles. The Morgan fingerprint density at radius 1 is 1.16 bits per heavy atom. The van der Waals surface area contributed by atoms with Crippen LogP contribution >= 0.6 is 0 Å². The molecule has 9 nitrogen and oxygen atoms in total. The van der Waals surface area contributed by atoms with Crippen LogP contribution in [0.5, 0.6) is 5.75 Å². The normalized spacial score (nSPS) is 28.1. The van der Waals surface area contributed by atoms with Gasteiger partial charge in [0.15, 0.2) is 0 Å². The lowest BCUT2D eigenvalue weighted by molar-refractivity contribution is -0.192. The first-order valence-electron chi connectivity index (χ1n) is 12.1. The van der Waals surface area contributed by atoms with E-state index in [-0.39, 0.29) is 24.1 Å². The molecule has 2 saturated carbocycles. The maximum Gasteiger partial charge on any atom is 0.490 e. The van der Waals surface area contributed by atoms with Gasteiger partial charge in [-0.05, 0) is 55.7 Å². The molecule has 2 aliphatic carbocycles. The van der Waals surface area contributed by atoms with Gasteiger partial charge in [-0.25, -0.2) is 19.8 Å². The van der Waals surface area contributed by atoms with Crippen molar-refractivity contribution in [2.75, 3.05) is 13.2 Å². The third-order valence-electron chi connectivity index (χ3n) is 7.23. The van der Waals surface area contributed by atoms with Crippen molar-refractivity contribution < 1.29 is 37.3 Å². The van der Waals surface area contributed by atoms with E-state index >= 15 is 0 Å². The number of carboxylic acid groups (broad SMARTS) is 1. The maximum atomic E-state index is 10.6. The summed E-state index contributed by atoms with van der Waals surface area (Å²) in [5.74, 6) is -0.950. The number of carboxylic acids is 1. The molecule has 0 saturated heterocycles. The minimum Gasteiger partial charge on any atom is -0.490 e. The predicted molar refractivity (Wildman–Crippen MR) is 125 cm³/mol. The van der Waals surface area contributed by atoms with Crippen molar-refractivity contribution in [1.29, 1.82) is 0 Å². The predicted octanol–water partition coefficient (Wildman–Crippen LogP) is 3.67. The summed E-state index contributed by atoms with van der Waals surface area (Å²) in [7, 11) is 0. The molecule has 0 amide bonds. The van der Waals surface area contributed by atoms with Gasteiger partial charge >= 0.3 is 12.1 Å². The molecule has 4 aliphatic rings. The Labute approximate surface area is 210 Å². The fourth-order valence-corrected chi connectivity index (χ4v) is 5.19. The molecule has 4 atom stereocenters. The number of aromatic nitrogens is 2. The summed E-state index contributed by atoms with van der Waals surface area (Å²) in [6, 6.07) is 6.49. The number of ether oxygens (including phenoxy) is 3. The quantitative estimate of drug-likeness (QED) is 0.625. The van der Waals surface area contributed by atoms with Gasteiger partial charge in [0, 0.05) is 36.0 Å². The molecule has 0 bridgehead atoms. The van der Waals surface area contributed by atoms with Gasteiger partial charge in [0.1, 0.15) is 30.3 Å². The number of benzene rings is 1. The Hall–Kier alpha value is -3.41. The van der Waals surface area contributed by atoms with E-state index in [1.165, 1.54) is 19.2 Å². The van der Waals surface area contributed by atoms with Crippen LogP contribution in [-0.2, 0) is 19.8 Å². The zero-order chi connectivity index (χ0) is 26.2. The summed E-state index contributed by atoms with van der Waals surface area (Å²) in [5.41, 5.74) is 8.55. The number of aliphatic carboxylic acids is 1. The van der Waals surface area contributed by atoms with E-state index in [2.05, 4.69) is 22.1 Å². The van der Waals surface area contributed by atoms with Crippen LogP contribution in [-0.4, -0.2) is 58.7 Å². The summed E-state index contributed by atoms with van der Waals surface area (Å²) in [6.07, 6.45) is 5.95. The maximum absolute atomic E-state index is 10.6. The second kappa shape index (κ2) is 9.81. The zero-order valence-corrected chi connectivity index (χ0v) is 19.9. The fraction of sp³-hybridized carbons (Fsp3) is 0.520. The molecule has 1 spiro atoms. The average molecular weight is 521 g/mol. The lowest BCUT2D eigenvalue weighted by atomic mass is 9.67. The molecule has 12 heteroatoms. The Balaban J connectivity index is 0.000000355. The molecule has 3 heterocycles. The van der Waals surface area contributed by atoms with Gasteiger partial charge in [-0.3, -0.25) is 0 Å². The van der Waals surface area contributed by atoms with Crippen LogP contribution in [0.25, 0.3) is 11.1 Å². The smallest absolute Gasteiger partial charge is 0.490 e. The van der Waals surface area contributed by atoms with Crippen LogP contribution in [0.4, 0.5) is 13.2 Å². The van der Waals surface area contributed by atoms with Crippen molar-refractivity contribution in [3.05, 3.63) is 42.5 Å². The van der Waals surface area contributed by atoms with Crippen molar-refractivity contribution >= 4 is 12.0 Å².